The molecule has 0 unspecified atom stereocenters. The van der Waals surface area contributed by atoms with Gasteiger partial charge in [0, 0.05) is 10.9 Å². The van der Waals surface area contributed by atoms with Crippen molar-refractivity contribution >= 4 is 28.3 Å². The van der Waals surface area contributed by atoms with Gasteiger partial charge in [-0.25, -0.2) is 13.8 Å². The number of nitrogens with zero attached hydrogens (tertiary/aromatic N) is 1. The third-order valence-corrected chi connectivity index (χ3v) is 4.27. The molecule has 0 atom stereocenters. The number of carbonyl (C=O) groups is 2. The van der Waals surface area contributed by atoms with E-state index in [1.165, 1.54) is 47.7 Å². The van der Waals surface area contributed by atoms with E-state index in [0.29, 0.717) is 16.4 Å². The monoisotopic (exact) mass is 388 g/mol. The van der Waals surface area contributed by atoms with Gasteiger partial charge in [0.25, 0.3) is 5.91 Å². The molecule has 1 aromatic heterocycles. The van der Waals surface area contributed by atoms with Crippen LogP contribution in [0.3, 0.4) is 0 Å². The number of hydrogen-bond acceptors (Lipinski definition) is 5. The van der Waals surface area contributed by atoms with Crippen LogP contribution in [0.25, 0.3) is 11.3 Å². The number of esters is 1. The van der Waals surface area contributed by atoms with Crippen LogP contribution < -0.4 is 5.32 Å². The van der Waals surface area contributed by atoms with Crippen molar-refractivity contribution < 1.29 is 23.1 Å². The van der Waals surface area contributed by atoms with Crippen molar-refractivity contribution in [2.75, 3.05) is 11.9 Å². The molecule has 1 heterocycles. The number of aromatic nitrogens is 1. The van der Waals surface area contributed by atoms with E-state index in [9.17, 15) is 18.4 Å². The number of nitrogens with one attached hydrogen (secondary N) is 1. The first kappa shape index (κ1) is 18.7. The van der Waals surface area contributed by atoms with Crippen LogP contribution >= 0.6 is 11.3 Å². The van der Waals surface area contributed by atoms with Crippen LogP contribution in [0.2, 0.25) is 0 Å². The SMILES string of the molecule is O=C(COC(=O)Cc1ccc(F)cc1)Nc1nc(-c2ccc(F)cc2)cs1. The summed E-state index contributed by atoms with van der Waals surface area (Å²) in [5.74, 6) is -1.86. The van der Waals surface area contributed by atoms with E-state index >= 15 is 0 Å². The Morgan fingerprint density at radius 3 is 2.30 bits per heavy atom. The van der Waals surface area contributed by atoms with Crippen LogP contribution in [-0.4, -0.2) is 23.5 Å². The zero-order chi connectivity index (χ0) is 19.2. The molecule has 138 valence electrons. The van der Waals surface area contributed by atoms with Crippen molar-refractivity contribution in [3.8, 4) is 11.3 Å². The van der Waals surface area contributed by atoms with Crippen LogP contribution in [0.15, 0.2) is 53.9 Å². The van der Waals surface area contributed by atoms with Gasteiger partial charge in [-0.05, 0) is 42.0 Å². The first-order chi connectivity index (χ1) is 13.0. The maximum absolute atomic E-state index is 13.0. The van der Waals surface area contributed by atoms with Crippen LogP contribution in [0.4, 0.5) is 13.9 Å². The summed E-state index contributed by atoms with van der Waals surface area (Å²) in [5.41, 5.74) is 1.91. The normalized spacial score (nSPS) is 10.4. The molecule has 0 fully saturated rings. The Kier molecular flexibility index (Phi) is 5.87. The minimum atomic E-state index is -0.595. The van der Waals surface area contributed by atoms with E-state index in [1.54, 1.807) is 17.5 Å². The highest BCUT2D eigenvalue weighted by Gasteiger charge is 2.11. The van der Waals surface area contributed by atoms with Crippen LogP contribution in [0, 0.1) is 11.6 Å². The van der Waals surface area contributed by atoms with E-state index in [2.05, 4.69) is 10.3 Å². The molecule has 0 radical (unpaired) electrons. The third kappa shape index (κ3) is 5.42. The summed E-state index contributed by atoms with van der Waals surface area (Å²) in [6.07, 6.45) is -0.0560. The van der Waals surface area contributed by atoms with Gasteiger partial charge in [-0.1, -0.05) is 12.1 Å². The minimum Gasteiger partial charge on any atom is -0.455 e. The summed E-state index contributed by atoms with van der Waals surface area (Å²) in [7, 11) is 0. The highest BCUT2D eigenvalue weighted by atomic mass is 32.1. The van der Waals surface area contributed by atoms with Gasteiger partial charge in [-0.2, -0.15) is 0 Å². The highest BCUT2D eigenvalue weighted by Crippen LogP contribution is 2.24. The molecule has 2 aromatic carbocycles. The summed E-state index contributed by atoms with van der Waals surface area (Å²) >= 11 is 1.20. The first-order valence-corrected chi connectivity index (χ1v) is 8.79. The molecule has 1 amide bonds. The third-order valence-electron chi connectivity index (χ3n) is 3.52. The van der Waals surface area contributed by atoms with Crippen molar-refractivity contribution in [1.82, 2.24) is 4.98 Å². The molecule has 5 nitrogen and oxygen atoms in total. The maximum atomic E-state index is 13.0. The van der Waals surface area contributed by atoms with Gasteiger partial charge >= 0.3 is 5.97 Å². The molecule has 3 aromatic rings. The van der Waals surface area contributed by atoms with Gasteiger partial charge in [0.1, 0.15) is 11.6 Å². The van der Waals surface area contributed by atoms with Crippen molar-refractivity contribution in [2.45, 2.75) is 6.42 Å². The van der Waals surface area contributed by atoms with Crippen LogP contribution in [0.5, 0.6) is 0 Å². The maximum Gasteiger partial charge on any atom is 0.310 e. The van der Waals surface area contributed by atoms with E-state index in [4.69, 9.17) is 4.74 Å². The zero-order valence-corrected chi connectivity index (χ0v) is 14.8. The molecule has 0 aliphatic rings. The topological polar surface area (TPSA) is 68.3 Å². The van der Waals surface area contributed by atoms with Crippen molar-refractivity contribution in [3.05, 3.63) is 71.1 Å². The lowest BCUT2D eigenvalue weighted by Crippen LogP contribution is -2.21. The van der Waals surface area contributed by atoms with E-state index in [0.717, 1.165) is 5.56 Å². The lowest BCUT2D eigenvalue weighted by Gasteiger charge is -2.05. The van der Waals surface area contributed by atoms with E-state index in [1.807, 2.05) is 0 Å². The van der Waals surface area contributed by atoms with E-state index in [-0.39, 0.29) is 12.2 Å². The molecule has 0 aliphatic carbocycles. The number of ether oxygens (including phenoxy) is 1. The highest BCUT2D eigenvalue weighted by molar-refractivity contribution is 7.14. The fourth-order valence-corrected chi connectivity index (χ4v) is 2.94. The van der Waals surface area contributed by atoms with E-state index < -0.39 is 24.3 Å². The average molecular weight is 388 g/mol. The van der Waals surface area contributed by atoms with Gasteiger partial charge < -0.3 is 4.74 Å². The van der Waals surface area contributed by atoms with Gasteiger partial charge in [0.2, 0.25) is 0 Å². The Morgan fingerprint density at radius 1 is 1.00 bits per heavy atom. The quantitative estimate of drug-likeness (QED) is 0.652. The predicted molar refractivity (Wildman–Crippen MR) is 97.2 cm³/mol. The summed E-state index contributed by atoms with van der Waals surface area (Å²) in [4.78, 5) is 27.9. The largest absolute Gasteiger partial charge is 0.455 e. The number of hydrogen-bond donors (Lipinski definition) is 1. The second kappa shape index (κ2) is 8.50. The Morgan fingerprint density at radius 2 is 1.63 bits per heavy atom. The molecule has 3 rings (SSSR count). The van der Waals surface area contributed by atoms with Gasteiger partial charge in [-0.15, -0.1) is 11.3 Å². The first-order valence-electron chi connectivity index (χ1n) is 7.91. The smallest absolute Gasteiger partial charge is 0.310 e. The second-order valence-electron chi connectivity index (χ2n) is 5.56. The molecule has 0 spiro atoms. The number of carbonyl (C=O) groups excluding carboxylic acids is 2. The lowest BCUT2D eigenvalue weighted by atomic mass is 10.1. The Balaban J connectivity index is 1.48. The minimum absolute atomic E-state index is 0.0560. The summed E-state index contributed by atoms with van der Waals surface area (Å²) in [6, 6.07) is 11.3. The number of halogens is 2. The fraction of sp³-hybridized carbons (Fsp3) is 0.105. The molecule has 0 saturated carbocycles. The molecule has 27 heavy (non-hydrogen) atoms. The lowest BCUT2D eigenvalue weighted by molar-refractivity contribution is -0.146. The van der Waals surface area contributed by atoms with Gasteiger partial charge in [-0.3, -0.25) is 14.9 Å². The molecule has 0 bridgehead atoms. The van der Waals surface area contributed by atoms with Crippen molar-refractivity contribution in [3.63, 3.8) is 0 Å². The Hall–Kier alpha value is -3.13. The summed E-state index contributed by atoms with van der Waals surface area (Å²) < 4.78 is 30.7. The molecule has 0 saturated heterocycles. The van der Waals surface area contributed by atoms with Crippen LogP contribution in [0.1, 0.15) is 5.56 Å². The standard InChI is InChI=1S/C19H14F2N2O3S/c20-14-5-1-12(2-6-14)9-18(25)26-10-17(24)23-19-22-16(11-27-19)13-3-7-15(21)8-4-13/h1-8,11H,9-10H2,(H,22,23,24). The van der Waals surface area contributed by atoms with Crippen molar-refractivity contribution in [2.24, 2.45) is 0 Å². The summed E-state index contributed by atoms with van der Waals surface area (Å²) in [6.45, 7) is -0.453. The fourth-order valence-electron chi connectivity index (χ4n) is 2.21. The molecule has 8 heteroatoms. The predicted octanol–water partition coefficient (Wildman–Crippen LogP) is 3.81. The number of rotatable bonds is 6. The number of thiazole rings is 1. The van der Waals surface area contributed by atoms with Gasteiger partial charge in [0.05, 0.1) is 12.1 Å². The molecule has 1 N–H and O–H groups in total. The van der Waals surface area contributed by atoms with Gasteiger partial charge in [0.15, 0.2) is 11.7 Å². The number of amides is 1. The molecular weight excluding hydrogens is 374 g/mol. The van der Waals surface area contributed by atoms with Crippen LogP contribution in [-0.2, 0) is 20.7 Å². The second-order valence-corrected chi connectivity index (χ2v) is 6.41. The molecular formula is C19H14F2N2O3S. The van der Waals surface area contributed by atoms with Crippen molar-refractivity contribution in [1.29, 1.82) is 0 Å². The molecule has 0 aliphatic heterocycles. The Labute approximate surface area is 157 Å². The zero-order valence-electron chi connectivity index (χ0n) is 13.9. The number of benzene rings is 2. The Bertz CT molecular complexity index is 940. The summed E-state index contributed by atoms with van der Waals surface area (Å²) in [5, 5.41) is 4.60. The average Bonchev–Trinajstić information content (AvgIpc) is 3.11. The number of anilines is 1.